The maximum atomic E-state index is 14.6. The summed E-state index contributed by atoms with van der Waals surface area (Å²) in [5.41, 5.74) is 1.14. The molecule has 1 aliphatic rings. The van der Waals surface area contributed by atoms with Crippen LogP contribution in [-0.2, 0) is 14.4 Å². The van der Waals surface area contributed by atoms with Crippen LogP contribution < -0.4 is 0 Å². The Bertz CT molecular complexity index is 997. The molecule has 0 aliphatic carbocycles. The van der Waals surface area contributed by atoms with Gasteiger partial charge in [-0.2, -0.15) is 0 Å². The van der Waals surface area contributed by atoms with Crippen LogP contribution in [0.4, 0.5) is 4.39 Å². The van der Waals surface area contributed by atoms with Crippen molar-refractivity contribution in [1.29, 1.82) is 0 Å². The van der Waals surface area contributed by atoms with Gasteiger partial charge in [0.25, 0.3) is 11.7 Å². The van der Waals surface area contributed by atoms with Crippen LogP contribution in [0.1, 0.15) is 35.6 Å². The fraction of sp³-hybridized carbons (Fsp3) is 0.227. The number of amides is 1. The number of aliphatic hydroxyl groups excluding tert-OH is 1. The van der Waals surface area contributed by atoms with Crippen molar-refractivity contribution in [1.82, 2.24) is 4.90 Å². The number of carbonyl (C=O) groups is 3. The zero-order valence-corrected chi connectivity index (χ0v) is 15.8. The molecule has 1 saturated heterocycles. The number of nitrogens with zero attached hydrogens (tertiary/aromatic N) is 1. The van der Waals surface area contributed by atoms with E-state index in [4.69, 9.17) is 5.11 Å². The molecule has 2 aromatic rings. The molecule has 1 atom stereocenters. The van der Waals surface area contributed by atoms with Gasteiger partial charge in [-0.25, -0.2) is 4.39 Å². The van der Waals surface area contributed by atoms with E-state index in [1.165, 1.54) is 18.2 Å². The van der Waals surface area contributed by atoms with Gasteiger partial charge < -0.3 is 15.1 Å². The van der Waals surface area contributed by atoms with Crippen molar-refractivity contribution >= 4 is 23.4 Å². The number of ketones is 1. The van der Waals surface area contributed by atoms with Crippen molar-refractivity contribution < 1.29 is 29.0 Å². The van der Waals surface area contributed by atoms with E-state index in [0.717, 1.165) is 10.5 Å². The average Bonchev–Trinajstić information content (AvgIpc) is 2.93. The highest BCUT2D eigenvalue weighted by Crippen LogP contribution is 2.40. The molecule has 1 fully saturated rings. The number of carboxylic acid groups (broad SMARTS) is 1. The second kappa shape index (κ2) is 8.26. The van der Waals surface area contributed by atoms with Gasteiger partial charge in [0.15, 0.2) is 0 Å². The summed E-state index contributed by atoms with van der Waals surface area (Å²) in [6, 6.07) is 11.3. The Kier molecular flexibility index (Phi) is 5.77. The zero-order chi connectivity index (χ0) is 21.1. The first-order valence-electron chi connectivity index (χ1n) is 9.13. The van der Waals surface area contributed by atoms with Gasteiger partial charge in [0.1, 0.15) is 11.6 Å². The van der Waals surface area contributed by atoms with E-state index in [2.05, 4.69) is 0 Å². The Hall–Kier alpha value is -3.48. The summed E-state index contributed by atoms with van der Waals surface area (Å²) < 4.78 is 14.6. The summed E-state index contributed by atoms with van der Waals surface area (Å²) in [5.74, 6) is -3.87. The van der Waals surface area contributed by atoms with Crippen LogP contribution in [0.15, 0.2) is 54.1 Å². The third-order valence-corrected chi connectivity index (χ3v) is 4.85. The molecule has 0 saturated carbocycles. The zero-order valence-electron chi connectivity index (χ0n) is 15.8. The van der Waals surface area contributed by atoms with Crippen molar-refractivity contribution in [3.05, 3.63) is 76.6 Å². The second-order valence-electron chi connectivity index (χ2n) is 6.88. The lowest BCUT2D eigenvalue weighted by Gasteiger charge is -2.25. The van der Waals surface area contributed by atoms with Gasteiger partial charge in [-0.05, 0) is 19.4 Å². The smallest absolute Gasteiger partial charge is 0.303 e. The van der Waals surface area contributed by atoms with Gasteiger partial charge in [0, 0.05) is 24.1 Å². The summed E-state index contributed by atoms with van der Waals surface area (Å²) in [7, 11) is 0. The number of aryl methyl sites for hydroxylation is 1. The van der Waals surface area contributed by atoms with Crippen molar-refractivity contribution in [3.63, 3.8) is 0 Å². The maximum Gasteiger partial charge on any atom is 0.303 e. The molecule has 0 bridgehead atoms. The van der Waals surface area contributed by atoms with Crippen LogP contribution in [0, 0.1) is 12.7 Å². The number of Topliss-reactive ketones (excluding diaryl/α,β-unsaturated/α-hetero) is 1. The van der Waals surface area contributed by atoms with Crippen molar-refractivity contribution in [2.45, 2.75) is 25.8 Å². The summed E-state index contributed by atoms with van der Waals surface area (Å²) in [4.78, 5) is 37.3. The van der Waals surface area contributed by atoms with E-state index in [-0.39, 0.29) is 30.5 Å². The van der Waals surface area contributed by atoms with Crippen LogP contribution in [-0.4, -0.2) is 39.3 Å². The number of carboxylic acids is 1. The Balaban J connectivity index is 2.12. The topological polar surface area (TPSA) is 94.9 Å². The third kappa shape index (κ3) is 4.03. The van der Waals surface area contributed by atoms with E-state index in [1.807, 2.05) is 6.92 Å². The first-order valence-corrected chi connectivity index (χ1v) is 9.13. The molecule has 2 aromatic carbocycles. The van der Waals surface area contributed by atoms with Gasteiger partial charge >= 0.3 is 5.97 Å². The minimum absolute atomic E-state index is 0.0550. The first kappa shape index (κ1) is 20.3. The number of benzene rings is 2. The number of aliphatic carboxylic acids is 1. The minimum atomic E-state index is -1.13. The molecular formula is C22H20FNO5. The second-order valence-corrected chi connectivity index (χ2v) is 6.88. The normalized spacial score (nSPS) is 18.3. The number of rotatable bonds is 6. The summed E-state index contributed by atoms with van der Waals surface area (Å²) in [6.45, 7) is 1.81. The average molecular weight is 397 g/mol. The van der Waals surface area contributed by atoms with Gasteiger partial charge in [-0.3, -0.25) is 14.4 Å². The van der Waals surface area contributed by atoms with Gasteiger partial charge in [-0.15, -0.1) is 0 Å². The number of likely N-dealkylation sites (tertiary alicyclic amines) is 1. The molecule has 6 nitrogen and oxygen atoms in total. The standard InChI is InChI=1S/C22H20FNO5/c1-13-8-10-14(11-9-13)20(27)18-19(15-5-2-3-6-16(15)23)24(22(29)21(18)28)12-4-7-17(25)26/h2-3,5-6,8-11,19,27H,4,7,12H2,1H3,(H,25,26)/t19-/m0/s1. The Morgan fingerprint density at radius 2 is 1.72 bits per heavy atom. The lowest BCUT2D eigenvalue weighted by atomic mass is 9.94. The highest BCUT2D eigenvalue weighted by Gasteiger charge is 2.46. The number of halogens is 1. The molecule has 1 heterocycles. The third-order valence-electron chi connectivity index (χ3n) is 4.85. The lowest BCUT2D eigenvalue weighted by molar-refractivity contribution is -0.140. The molecule has 7 heteroatoms. The predicted octanol–water partition coefficient (Wildman–Crippen LogP) is 3.42. The molecule has 0 spiro atoms. The maximum absolute atomic E-state index is 14.6. The van der Waals surface area contributed by atoms with Crippen LogP contribution >= 0.6 is 0 Å². The SMILES string of the molecule is Cc1ccc(C(O)=C2C(=O)C(=O)N(CCCC(=O)O)[C@H]2c2ccccc2F)cc1. The van der Waals surface area contributed by atoms with Crippen LogP contribution in [0.2, 0.25) is 0 Å². The lowest BCUT2D eigenvalue weighted by Crippen LogP contribution is -2.31. The van der Waals surface area contributed by atoms with E-state index in [1.54, 1.807) is 30.3 Å². The summed E-state index contributed by atoms with van der Waals surface area (Å²) >= 11 is 0. The van der Waals surface area contributed by atoms with Gasteiger partial charge in [0.05, 0.1) is 11.6 Å². The van der Waals surface area contributed by atoms with E-state index >= 15 is 0 Å². The molecular weight excluding hydrogens is 377 g/mol. The highest BCUT2D eigenvalue weighted by atomic mass is 19.1. The number of hydrogen-bond donors (Lipinski definition) is 2. The van der Waals surface area contributed by atoms with Crippen LogP contribution in [0.5, 0.6) is 0 Å². The largest absolute Gasteiger partial charge is 0.507 e. The molecule has 150 valence electrons. The first-order chi connectivity index (χ1) is 13.8. The molecule has 1 amide bonds. The number of carbonyl (C=O) groups excluding carboxylic acids is 2. The Morgan fingerprint density at radius 3 is 2.34 bits per heavy atom. The van der Waals surface area contributed by atoms with E-state index in [9.17, 15) is 23.9 Å². The van der Waals surface area contributed by atoms with Crippen LogP contribution in [0.25, 0.3) is 5.76 Å². The summed E-state index contributed by atoms with van der Waals surface area (Å²) in [5, 5.41) is 19.7. The fourth-order valence-electron chi connectivity index (χ4n) is 3.40. The number of aliphatic hydroxyl groups is 1. The van der Waals surface area contributed by atoms with E-state index in [0.29, 0.717) is 5.56 Å². The molecule has 2 N–H and O–H groups in total. The molecule has 3 rings (SSSR count). The minimum Gasteiger partial charge on any atom is -0.507 e. The Labute approximate surface area is 166 Å². The number of hydrogen-bond acceptors (Lipinski definition) is 4. The molecule has 1 aliphatic heterocycles. The monoisotopic (exact) mass is 397 g/mol. The fourth-order valence-corrected chi connectivity index (χ4v) is 3.40. The Morgan fingerprint density at radius 1 is 1.07 bits per heavy atom. The van der Waals surface area contributed by atoms with E-state index < -0.39 is 35.3 Å². The summed E-state index contributed by atoms with van der Waals surface area (Å²) in [6.07, 6.45) is -0.108. The molecule has 0 unspecified atom stereocenters. The van der Waals surface area contributed by atoms with Crippen molar-refractivity contribution in [3.8, 4) is 0 Å². The molecule has 0 radical (unpaired) electrons. The highest BCUT2D eigenvalue weighted by molar-refractivity contribution is 6.46. The predicted molar refractivity (Wildman–Crippen MR) is 103 cm³/mol. The van der Waals surface area contributed by atoms with Crippen molar-refractivity contribution in [2.24, 2.45) is 0 Å². The van der Waals surface area contributed by atoms with Gasteiger partial charge in [0.2, 0.25) is 0 Å². The van der Waals surface area contributed by atoms with Crippen LogP contribution in [0.3, 0.4) is 0 Å². The quantitative estimate of drug-likeness (QED) is 0.442. The molecule has 0 aromatic heterocycles. The molecule has 29 heavy (non-hydrogen) atoms. The van der Waals surface area contributed by atoms with Gasteiger partial charge in [-0.1, -0.05) is 48.0 Å². The van der Waals surface area contributed by atoms with Crippen molar-refractivity contribution in [2.75, 3.05) is 6.54 Å².